The summed E-state index contributed by atoms with van der Waals surface area (Å²) in [5, 5.41) is 5.95. The van der Waals surface area contributed by atoms with Crippen molar-refractivity contribution in [3.8, 4) is 0 Å². The molecule has 3 N–H and O–H groups in total. The van der Waals surface area contributed by atoms with Gasteiger partial charge in [0.1, 0.15) is 0 Å². The van der Waals surface area contributed by atoms with Gasteiger partial charge in [0.15, 0.2) is 0 Å². The number of hydrogen-bond donors (Lipinski definition) is 2. The van der Waals surface area contributed by atoms with E-state index in [1.54, 1.807) is 6.20 Å². The predicted molar refractivity (Wildman–Crippen MR) is 85.8 cm³/mol. The molecule has 1 atom stereocenters. The number of nitrogen functional groups attached to an aromatic ring is 1. The Kier molecular flexibility index (Phi) is 3.28. The lowest BCUT2D eigenvalue weighted by Gasteiger charge is -2.39. The number of nitrogens with zero attached hydrogens (tertiary/aromatic N) is 1. The highest BCUT2D eigenvalue weighted by Crippen LogP contribution is 2.38. The van der Waals surface area contributed by atoms with E-state index in [4.69, 9.17) is 5.73 Å². The van der Waals surface area contributed by atoms with Crippen LogP contribution in [0.4, 0.5) is 11.4 Å². The fraction of sp³-hybridized carbons (Fsp3) is 0.471. The summed E-state index contributed by atoms with van der Waals surface area (Å²) in [5.74, 6) is 0. The Bertz CT molecular complexity index is 619. The topological polar surface area (TPSA) is 50.9 Å². The highest BCUT2D eigenvalue weighted by atomic mass is 14.9. The summed E-state index contributed by atoms with van der Waals surface area (Å²) < 4.78 is 0. The van der Waals surface area contributed by atoms with Crippen molar-refractivity contribution in [3.63, 3.8) is 0 Å². The SMILES string of the molecule is CC1(C)CCCCC1Nc1ccc(N)c2ccncc12. The molecule has 3 heteroatoms. The lowest BCUT2D eigenvalue weighted by atomic mass is 9.73. The van der Waals surface area contributed by atoms with E-state index in [0.29, 0.717) is 11.5 Å². The Morgan fingerprint density at radius 2 is 2.05 bits per heavy atom. The van der Waals surface area contributed by atoms with E-state index >= 15 is 0 Å². The lowest BCUT2D eigenvalue weighted by molar-refractivity contribution is 0.217. The number of anilines is 2. The monoisotopic (exact) mass is 269 g/mol. The highest BCUT2D eigenvalue weighted by Gasteiger charge is 2.32. The zero-order chi connectivity index (χ0) is 14.2. The van der Waals surface area contributed by atoms with Gasteiger partial charge in [-0.05, 0) is 36.5 Å². The number of benzene rings is 1. The molecule has 0 aliphatic heterocycles. The Morgan fingerprint density at radius 3 is 2.85 bits per heavy atom. The third-order valence-electron chi connectivity index (χ3n) is 4.69. The average molecular weight is 269 g/mol. The van der Waals surface area contributed by atoms with Gasteiger partial charge in [-0.15, -0.1) is 0 Å². The molecule has 1 heterocycles. The van der Waals surface area contributed by atoms with Crippen molar-refractivity contribution in [2.24, 2.45) is 5.41 Å². The van der Waals surface area contributed by atoms with E-state index in [1.807, 2.05) is 18.3 Å². The molecule has 0 bridgehead atoms. The van der Waals surface area contributed by atoms with Gasteiger partial charge in [0.25, 0.3) is 0 Å². The summed E-state index contributed by atoms with van der Waals surface area (Å²) in [6.45, 7) is 4.73. The molecule has 1 aliphatic carbocycles. The van der Waals surface area contributed by atoms with Gasteiger partial charge in [-0.1, -0.05) is 26.7 Å². The minimum Gasteiger partial charge on any atom is -0.398 e. The van der Waals surface area contributed by atoms with E-state index in [0.717, 1.165) is 22.1 Å². The number of nitrogens with two attached hydrogens (primary N) is 1. The Labute approximate surface area is 120 Å². The van der Waals surface area contributed by atoms with Crippen molar-refractivity contribution in [1.82, 2.24) is 4.98 Å². The van der Waals surface area contributed by atoms with Crippen LogP contribution in [0.15, 0.2) is 30.6 Å². The highest BCUT2D eigenvalue weighted by molar-refractivity contribution is 6.00. The van der Waals surface area contributed by atoms with E-state index < -0.39 is 0 Å². The molecule has 1 fully saturated rings. The molecule has 1 unspecified atom stereocenters. The summed E-state index contributed by atoms with van der Waals surface area (Å²) in [7, 11) is 0. The largest absolute Gasteiger partial charge is 0.398 e. The van der Waals surface area contributed by atoms with Crippen LogP contribution in [-0.4, -0.2) is 11.0 Å². The predicted octanol–water partition coefficient (Wildman–Crippen LogP) is 4.20. The fourth-order valence-corrected chi connectivity index (χ4v) is 3.29. The smallest absolute Gasteiger partial charge is 0.0439 e. The molecule has 3 nitrogen and oxygen atoms in total. The van der Waals surface area contributed by atoms with Crippen LogP contribution in [0, 0.1) is 5.41 Å². The number of hydrogen-bond acceptors (Lipinski definition) is 3. The van der Waals surface area contributed by atoms with Gasteiger partial charge in [0.2, 0.25) is 0 Å². The normalized spacial score (nSPS) is 21.8. The van der Waals surface area contributed by atoms with E-state index in [2.05, 4.69) is 30.2 Å². The molecule has 106 valence electrons. The van der Waals surface area contributed by atoms with Crippen LogP contribution in [-0.2, 0) is 0 Å². The first-order chi connectivity index (χ1) is 9.58. The maximum Gasteiger partial charge on any atom is 0.0439 e. The van der Waals surface area contributed by atoms with E-state index in [9.17, 15) is 0 Å². The first-order valence-electron chi connectivity index (χ1n) is 7.47. The molecule has 3 rings (SSSR count). The van der Waals surface area contributed by atoms with Crippen molar-refractivity contribution >= 4 is 22.1 Å². The maximum absolute atomic E-state index is 6.06. The number of rotatable bonds is 2. The van der Waals surface area contributed by atoms with Crippen molar-refractivity contribution in [3.05, 3.63) is 30.6 Å². The van der Waals surface area contributed by atoms with Crippen LogP contribution < -0.4 is 11.1 Å². The second kappa shape index (κ2) is 4.97. The second-order valence-corrected chi connectivity index (χ2v) is 6.55. The molecule has 1 aromatic heterocycles. The fourth-order valence-electron chi connectivity index (χ4n) is 3.29. The molecule has 20 heavy (non-hydrogen) atoms. The van der Waals surface area contributed by atoms with Crippen LogP contribution in [0.25, 0.3) is 10.8 Å². The van der Waals surface area contributed by atoms with Crippen LogP contribution in [0.1, 0.15) is 39.5 Å². The van der Waals surface area contributed by atoms with Crippen LogP contribution in [0.3, 0.4) is 0 Å². The quantitative estimate of drug-likeness (QED) is 0.803. The van der Waals surface area contributed by atoms with Gasteiger partial charge < -0.3 is 11.1 Å². The van der Waals surface area contributed by atoms with Gasteiger partial charge >= 0.3 is 0 Å². The lowest BCUT2D eigenvalue weighted by Crippen LogP contribution is -2.38. The van der Waals surface area contributed by atoms with Crippen LogP contribution in [0.2, 0.25) is 0 Å². The van der Waals surface area contributed by atoms with E-state index in [-0.39, 0.29) is 0 Å². The molecule has 0 amide bonds. The summed E-state index contributed by atoms with van der Waals surface area (Å²) >= 11 is 0. The minimum absolute atomic E-state index is 0.341. The first-order valence-corrected chi connectivity index (χ1v) is 7.47. The van der Waals surface area contributed by atoms with Crippen LogP contribution in [0.5, 0.6) is 0 Å². The number of fused-ring (bicyclic) bond motifs is 1. The number of aromatic nitrogens is 1. The molecule has 2 aromatic rings. The Balaban J connectivity index is 1.97. The second-order valence-electron chi connectivity index (χ2n) is 6.55. The number of pyridine rings is 1. The summed E-state index contributed by atoms with van der Waals surface area (Å²) in [6.07, 6.45) is 8.88. The molecular weight excluding hydrogens is 246 g/mol. The van der Waals surface area contributed by atoms with Crippen LogP contribution >= 0.6 is 0 Å². The molecule has 0 radical (unpaired) electrons. The zero-order valence-corrected chi connectivity index (χ0v) is 12.3. The van der Waals surface area contributed by atoms with Crippen molar-refractivity contribution in [1.29, 1.82) is 0 Å². The van der Waals surface area contributed by atoms with Gasteiger partial charge in [-0.3, -0.25) is 4.98 Å². The average Bonchev–Trinajstić information content (AvgIpc) is 2.44. The molecule has 1 saturated carbocycles. The summed E-state index contributed by atoms with van der Waals surface area (Å²) in [4.78, 5) is 4.25. The molecule has 0 spiro atoms. The summed E-state index contributed by atoms with van der Waals surface area (Å²) in [5.41, 5.74) is 8.37. The molecule has 1 aliphatic rings. The number of nitrogens with one attached hydrogen (secondary N) is 1. The van der Waals surface area contributed by atoms with Crippen molar-refractivity contribution < 1.29 is 0 Å². The van der Waals surface area contributed by atoms with Gasteiger partial charge in [-0.25, -0.2) is 0 Å². The van der Waals surface area contributed by atoms with Gasteiger partial charge in [-0.2, -0.15) is 0 Å². The molecular formula is C17H23N3. The first kappa shape index (κ1) is 13.2. The Morgan fingerprint density at radius 1 is 1.20 bits per heavy atom. The minimum atomic E-state index is 0.341. The van der Waals surface area contributed by atoms with Crippen molar-refractivity contribution in [2.45, 2.75) is 45.6 Å². The zero-order valence-electron chi connectivity index (χ0n) is 12.3. The Hall–Kier alpha value is -1.77. The van der Waals surface area contributed by atoms with Crippen molar-refractivity contribution in [2.75, 3.05) is 11.1 Å². The third-order valence-corrected chi connectivity index (χ3v) is 4.69. The van der Waals surface area contributed by atoms with E-state index in [1.165, 1.54) is 25.7 Å². The summed E-state index contributed by atoms with van der Waals surface area (Å²) in [6, 6.07) is 6.58. The molecule has 1 aromatic carbocycles. The standard InChI is InChI=1S/C17H23N3/c1-17(2)9-4-3-5-16(17)20-15-7-6-14(18)12-8-10-19-11-13(12)15/h6-8,10-11,16,20H,3-5,9,18H2,1-2H3. The van der Waals surface area contributed by atoms with Gasteiger partial charge in [0, 0.05) is 40.6 Å². The van der Waals surface area contributed by atoms with Gasteiger partial charge in [0.05, 0.1) is 0 Å². The third kappa shape index (κ3) is 2.33. The maximum atomic E-state index is 6.06. The molecule has 0 saturated heterocycles.